The van der Waals surface area contributed by atoms with E-state index in [-0.39, 0.29) is 5.91 Å². The van der Waals surface area contributed by atoms with Gasteiger partial charge in [0.2, 0.25) is 5.91 Å². The van der Waals surface area contributed by atoms with Gasteiger partial charge in [-0.2, -0.15) is 0 Å². The lowest BCUT2D eigenvalue weighted by Gasteiger charge is -2.00. The molecule has 2 rings (SSSR count). The summed E-state index contributed by atoms with van der Waals surface area (Å²) in [6, 6.07) is 6.36. The summed E-state index contributed by atoms with van der Waals surface area (Å²) in [6.07, 6.45) is 3.29. The van der Waals surface area contributed by atoms with E-state index in [2.05, 4.69) is 25.1 Å². The maximum atomic E-state index is 11.0. The van der Waals surface area contributed by atoms with E-state index in [1.54, 1.807) is 0 Å². The van der Waals surface area contributed by atoms with Gasteiger partial charge in [0, 0.05) is 24.1 Å². The van der Waals surface area contributed by atoms with E-state index in [0.717, 1.165) is 22.9 Å². The van der Waals surface area contributed by atoms with E-state index in [1.165, 1.54) is 5.56 Å². The summed E-state index contributed by atoms with van der Waals surface area (Å²) in [4.78, 5) is 11.0. The van der Waals surface area contributed by atoms with Crippen LogP contribution in [0.2, 0.25) is 0 Å². The summed E-state index contributed by atoms with van der Waals surface area (Å²) in [7, 11) is 1.98. The fourth-order valence-corrected chi connectivity index (χ4v) is 2.07. The Morgan fingerprint density at radius 3 is 2.81 bits per heavy atom. The van der Waals surface area contributed by atoms with Gasteiger partial charge in [-0.1, -0.05) is 13.0 Å². The van der Waals surface area contributed by atoms with Crippen molar-refractivity contribution in [2.24, 2.45) is 12.8 Å². The minimum Gasteiger partial charge on any atom is -0.369 e. The Morgan fingerprint density at radius 2 is 2.19 bits per heavy atom. The summed E-state index contributed by atoms with van der Waals surface area (Å²) in [6.45, 7) is 2.12. The number of fused-ring (bicyclic) bond motifs is 1. The Kier molecular flexibility index (Phi) is 2.69. The van der Waals surface area contributed by atoms with Crippen LogP contribution in [0, 0.1) is 0 Å². The van der Waals surface area contributed by atoms with Gasteiger partial charge in [-0.05, 0) is 29.7 Å². The van der Waals surface area contributed by atoms with Crippen molar-refractivity contribution in [3.63, 3.8) is 0 Å². The largest absolute Gasteiger partial charge is 0.369 e. The molecular weight excluding hydrogens is 200 g/mol. The van der Waals surface area contributed by atoms with E-state index in [9.17, 15) is 4.79 Å². The molecule has 0 saturated heterocycles. The van der Waals surface area contributed by atoms with Crippen molar-refractivity contribution in [2.75, 3.05) is 0 Å². The smallest absolute Gasteiger partial charge is 0.221 e. The molecule has 3 nitrogen and oxygen atoms in total. The van der Waals surface area contributed by atoms with Gasteiger partial charge in [-0.3, -0.25) is 4.79 Å². The van der Waals surface area contributed by atoms with Gasteiger partial charge in [0.15, 0.2) is 0 Å². The van der Waals surface area contributed by atoms with Gasteiger partial charge in [0.05, 0.1) is 6.42 Å². The minimum atomic E-state index is -0.283. The van der Waals surface area contributed by atoms with E-state index >= 15 is 0 Å². The summed E-state index contributed by atoms with van der Waals surface area (Å²) >= 11 is 0. The molecular formula is C13H16N2O. The SMILES string of the molecule is CCc1ccc2c(c1)c(CC(N)=O)cn2C. The number of aromatic nitrogens is 1. The van der Waals surface area contributed by atoms with E-state index in [0.29, 0.717) is 6.42 Å². The van der Waals surface area contributed by atoms with Crippen LogP contribution in [0.3, 0.4) is 0 Å². The molecule has 0 bridgehead atoms. The standard InChI is InChI=1S/C13H16N2O/c1-3-9-4-5-12-11(6-9)10(7-13(14)16)8-15(12)2/h4-6,8H,3,7H2,1-2H3,(H2,14,16). The Labute approximate surface area is 94.9 Å². The molecule has 2 N–H and O–H groups in total. The van der Waals surface area contributed by atoms with E-state index in [4.69, 9.17) is 5.73 Å². The zero-order chi connectivity index (χ0) is 11.7. The molecule has 3 heteroatoms. The van der Waals surface area contributed by atoms with Crippen molar-refractivity contribution < 1.29 is 4.79 Å². The van der Waals surface area contributed by atoms with Crippen LogP contribution in [0.4, 0.5) is 0 Å². The monoisotopic (exact) mass is 216 g/mol. The number of primary amides is 1. The average molecular weight is 216 g/mol. The molecule has 0 atom stereocenters. The number of aryl methyl sites for hydroxylation is 2. The molecule has 2 aromatic rings. The Balaban J connectivity index is 2.60. The second-order valence-electron chi connectivity index (χ2n) is 4.11. The third kappa shape index (κ3) is 1.81. The van der Waals surface area contributed by atoms with Crippen molar-refractivity contribution in [3.05, 3.63) is 35.5 Å². The molecule has 1 aromatic heterocycles. The molecule has 1 amide bonds. The van der Waals surface area contributed by atoms with Crippen LogP contribution in [0.5, 0.6) is 0 Å². The maximum Gasteiger partial charge on any atom is 0.221 e. The number of carbonyl (C=O) groups is 1. The number of hydrogen-bond donors (Lipinski definition) is 1. The first kappa shape index (κ1) is 10.7. The van der Waals surface area contributed by atoms with Gasteiger partial charge in [-0.25, -0.2) is 0 Å². The fraction of sp³-hybridized carbons (Fsp3) is 0.308. The summed E-state index contributed by atoms with van der Waals surface area (Å²) < 4.78 is 2.03. The highest BCUT2D eigenvalue weighted by atomic mass is 16.1. The number of benzene rings is 1. The van der Waals surface area contributed by atoms with Crippen LogP contribution in [-0.4, -0.2) is 10.5 Å². The zero-order valence-corrected chi connectivity index (χ0v) is 9.66. The first-order chi connectivity index (χ1) is 7.61. The van der Waals surface area contributed by atoms with Crippen LogP contribution >= 0.6 is 0 Å². The van der Waals surface area contributed by atoms with Gasteiger partial charge in [-0.15, -0.1) is 0 Å². The molecule has 0 spiro atoms. The lowest BCUT2D eigenvalue weighted by molar-refractivity contribution is -0.117. The molecule has 0 fully saturated rings. The van der Waals surface area contributed by atoms with Gasteiger partial charge in [0.1, 0.15) is 0 Å². The predicted molar refractivity (Wildman–Crippen MR) is 65.2 cm³/mol. The second-order valence-corrected chi connectivity index (χ2v) is 4.11. The molecule has 1 heterocycles. The van der Waals surface area contributed by atoms with Crippen LogP contribution < -0.4 is 5.73 Å². The highest BCUT2D eigenvalue weighted by Crippen LogP contribution is 2.22. The molecule has 1 aromatic carbocycles. The van der Waals surface area contributed by atoms with Crippen molar-refractivity contribution in [1.29, 1.82) is 0 Å². The van der Waals surface area contributed by atoms with Crippen molar-refractivity contribution in [3.8, 4) is 0 Å². The highest BCUT2D eigenvalue weighted by molar-refractivity contribution is 5.89. The number of hydrogen-bond acceptors (Lipinski definition) is 1. The minimum absolute atomic E-state index is 0.283. The first-order valence-corrected chi connectivity index (χ1v) is 5.47. The summed E-state index contributed by atoms with van der Waals surface area (Å²) in [5, 5.41) is 1.14. The molecule has 84 valence electrons. The van der Waals surface area contributed by atoms with Gasteiger partial charge < -0.3 is 10.3 Å². The Bertz CT molecular complexity index is 540. The quantitative estimate of drug-likeness (QED) is 0.835. The normalized spacial score (nSPS) is 10.9. The molecule has 16 heavy (non-hydrogen) atoms. The molecule has 0 aliphatic rings. The van der Waals surface area contributed by atoms with Crippen molar-refractivity contribution in [2.45, 2.75) is 19.8 Å². The second kappa shape index (κ2) is 4.00. The predicted octanol–water partition coefficient (Wildman–Crippen LogP) is 1.77. The fourth-order valence-electron chi connectivity index (χ4n) is 2.07. The molecule has 0 radical (unpaired) electrons. The summed E-state index contributed by atoms with van der Waals surface area (Å²) in [5.74, 6) is -0.283. The van der Waals surface area contributed by atoms with E-state index < -0.39 is 0 Å². The third-order valence-corrected chi connectivity index (χ3v) is 2.91. The third-order valence-electron chi connectivity index (χ3n) is 2.91. The first-order valence-electron chi connectivity index (χ1n) is 5.47. The molecule has 0 saturated carbocycles. The van der Waals surface area contributed by atoms with Crippen LogP contribution in [-0.2, 0) is 24.7 Å². The lowest BCUT2D eigenvalue weighted by atomic mass is 10.1. The van der Waals surface area contributed by atoms with Gasteiger partial charge >= 0.3 is 0 Å². The van der Waals surface area contributed by atoms with Crippen molar-refractivity contribution >= 4 is 16.8 Å². The topological polar surface area (TPSA) is 48.0 Å². The number of amides is 1. The molecule has 0 unspecified atom stereocenters. The van der Waals surface area contributed by atoms with Crippen LogP contribution in [0.1, 0.15) is 18.1 Å². The Hall–Kier alpha value is -1.77. The van der Waals surface area contributed by atoms with Crippen LogP contribution in [0.25, 0.3) is 10.9 Å². The number of nitrogens with zero attached hydrogens (tertiary/aromatic N) is 1. The van der Waals surface area contributed by atoms with Gasteiger partial charge in [0.25, 0.3) is 0 Å². The number of carbonyl (C=O) groups excluding carboxylic acids is 1. The Morgan fingerprint density at radius 1 is 1.44 bits per heavy atom. The maximum absolute atomic E-state index is 11.0. The molecule has 0 aliphatic carbocycles. The number of nitrogens with two attached hydrogens (primary N) is 1. The van der Waals surface area contributed by atoms with Crippen LogP contribution in [0.15, 0.2) is 24.4 Å². The zero-order valence-electron chi connectivity index (χ0n) is 9.66. The molecule has 0 aliphatic heterocycles. The van der Waals surface area contributed by atoms with E-state index in [1.807, 2.05) is 17.8 Å². The van der Waals surface area contributed by atoms with Crippen molar-refractivity contribution in [1.82, 2.24) is 4.57 Å². The average Bonchev–Trinajstić information content (AvgIpc) is 2.54. The highest BCUT2D eigenvalue weighted by Gasteiger charge is 2.08. The summed E-state index contributed by atoms with van der Waals surface area (Å²) in [5.41, 5.74) is 8.69. The number of rotatable bonds is 3. The lowest BCUT2D eigenvalue weighted by Crippen LogP contribution is -2.13.